The summed E-state index contributed by atoms with van der Waals surface area (Å²) in [4.78, 5) is 0. The first kappa shape index (κ1) is 6.28. The Bertz CT molecular complexity index is 178. The highest BCUT2D eigenvalue weighted by Gasteiger charge is 2.00. The molecule has 0 radical (unpaired) electrons. The number of rotatable bonds is 0. The van der Waals surface area contributed by atoms with Crippen molar-refractivity contribution in [3.05, 3.63) is 14.8 Å². The van der Waals surface area contributed by atoms with Gasteiger partial charge in [-0.25, -0.2) is 4.39 Å². The third kappa shape index (κ3) is 1.11. The second kappa shape index (κ2) is 2.18. The minimum atomic E-state index is -0.306. The molecule has 1 aromatic heterocycles. The van der Waals surface area contributed by atoms with Crippen LogP contribution in [0.2, 0.25) is 0 Å². The van der Waals surface area contributed by atoms with Crippen LogP contribution in [0.1, 0.15) is 0 Å². The van der Waals surface area contributed by atoms with Gasteiger partial charge in [0.15, 0.2) is 5.82 Å². The third-order valence-electron chi connectivity index (χ3n) is 0.683. The number of nitrogen functional groups attached to an aromatic ring is 1. The summed E-state index contributed by atoms with van der Waals surface area (Å²) >= 11 is 3.28. The maximum absolute atomic E-state index is 12.2. The summed E-state index contributed by atoms with van der Waals surface area (Å²) in [6.45, 7) is 0. The molecule has 1 rings (SSSR count). The number of anilines is 1. The Kier molecular flexibility index (Phi) is 1.71. The van der Waals surface area contributed by atoms with Crippen molar-refractivity contribution in [2.24, 2.45) is 0 Å². The molecular weight excluding hydrogens is 240 g/mol. The molecule has 0 saturated heterocycles. The van der Waals surface area contributed by atoms with Crippen LogP contribution in [-0.2, 0) is 0 Å². The fourth-order valence-corrected chi connectivity index (χ4v) is 1.87. The van der Waals surface area contributed by atoms with Crippen LogP contribution in [0.4, 0.5) is 9.39 Å². The minimum Gasteiger partial charge on any atom is -0.388 e. The summed E-state index contributed by atoms with van der Waals surface area (Å²) in [5.41, 5.74) is 5.18. The second-order valence-corrected chi connectivity index (χ2v) is 4.24. The van der Waals surface area contributed by atoms with Crippen molar-refractivity contribution in [3.8, 4) is 0 Å². The van der Waals surface area contributed by atoms with Crippen LogP contribution in [-0.4, -0.2) is 0 Å². The minimum absolute atomic E-state index is 0.273. The zero-order valence-corrected chi connectivity index (χ0v) is 6.79. The van der Waals surface area contributed by atoms with E-state index in [2.05, 4.69) is 0 Å². The van der Waals surface area contributed by atoms with E-state index in [4.69, 9.17) is 5.73 Å². The molecule has 0 aromatic carbocycles. The van der Waals surface area contributed by atoms with Gasteiger partial charge in [0.05, 0.1) is 2.88 Å². The highest BCUT2D eigenvalue weighted by molar-refractivity contribution is 14.1. The van der Waals surface area contributed by atoms with Gasteiger partial charge in [-0.05, 0) is 22.6 Å². The Labute approximate surface area is 63.8 Å². The van der Waals surface area contributed by atoms with Gasteiger partial charge < -0.3 is 5.73 Å². The zero-order valence-electron chi connectivity index (χ0n) is 3.82. The van der Waals surface area contributed by atoms with Gasteiger partial charge >= 0.3 is 0 Å². The molecule has 0 amide bonds. The van der Waals surface area contributed by atoms with Crippen LogP contribution in [0.3, 0.4) is 0 Å². The normalized spacial score (nSPS) is 9.75. The third-order valence-corrected chi connectivity index (χ3v) is 2.38. The van der Waals surface area contributed by atoms with E-state index in [1.54, 1.807) is 0 Å². The lowest BCUT2D eigenvalue weighted by Crippen LogP contribution is -1.79. The lowest BCUT2D eigenvalue weighted by Gasteiger charge is -1.76. The predicted octanol–water partition coefficient (Wildman–Crippen LogP) is 2.07. The molecule has 0 fully saturated rings. The first-order valence-corrected chi connectivity index (χ1v) is 3.80. The van der Waals surface area contributed by atoms with Gasteiger partial charge in [0.25, 0.3) is 0 Å². The standard InChI is InChI=1S/C4H3FINS/c5-2-1-3(6)8-4(2)7/h1H,7H2. The molecule has 8 heavy (non-hydrogen) atoms. The molecule has 0 atom stereocenters. The van der Waals surface area contributed by atoms with Crippen molar-refractivity contribution in [2.75, 3.05) is 5.73 Å². The molecule has 0 aliphatic heterocycles. The Balaban J connectivity index is 3.14. The van der Waals surface area contributed by atoms with E-state index in [0.29, 0.717) is 0 Å². The fourth-order valence-electron chi connectivity index (χ4n) is 0.354. The molecule has 1 aromatic rings. The highest BCUT2D eigenvalue weighted by Crippen LogP contribution is 2.23. The summed E-state index contributed by atoms with van der Waals surface area (Å²) in [5.74, 6) is -0.306. The van der Waals surface area contributed by atoms with Crippen molar-refractivity contribution in [1.29, 1.82) is 0 Å². The first-order valence-electron chi connectivity index (χ1n) is 1.90. The molecule has 0 aliphatic carbocycles. The lowest BCUT2D eigenvalue weighted by atomic mass is 10.6. The van der Waals surface area contributed by atoms with E-state index < -0.39 is 0 Å². The summed E-state index contributed by atoms with van der Waals surface area (Å²) < 4.78 is 13.1. The summed E-state index contributed by atoms with van der Waals surface area (Å²) in [6.07, 6.45) is 0. The fraction of sp³-hybridized carbons (Fsp3) is 0. The summed E-state index contributed by atoms with van der Waals surface area (Å²) in [5, 5.41) is 0.273. The predicted molar refractivity (Wildman–Crippen MR) is 41.4 cm³/mol. The van der Waals surface area contributed by atoms with Crippen LogP contribution in [0.5, 0.6) is 0 Å². The summed E-state index contributed by atoms with van der Waals surface area (Å²) in [6, 6.07) is 1.42. The van der Waals surface area contributed by atoms with E-state index >= 15 is 0 Å². The average molecular weight is 243 g/mol. The first-order chi connectivity index (χ1) is 3.70. The molecule has 1 nitrogen and oxygen atoms in total. The Morgan fingerprint density at radius 1 is 1.75 bits per heavy atom. The number of hydrogen-bond acceptors (Lipinski definition) is 2. The Hall–Kier alpha value is 0.160. The van der Waals surface area contributed by atoms with Crippen LogP contribution >= 0.6 is 33.9 Å². The highest BCUT2D eigenvalue weighted by atomic mass is 127. The summed E-state index contributed by atoms with van der Waals surface area (Å²) in [7, 11) is 0. The maximum Gasteiger partial charge on any atom is 0.158 e. The van der Waals surface area contributed by atoms with E-state index in [9.17, 15) is 4.39 Å². The van der Waals surface area contributed by atoms with Gasteiger partial charge in [-0.15, -0.1) is 11.3 Å². The molecule has 0 saturated carbocycles. The number of thiophene rings is 1. The molecule has 1 heterocycles. The maximum atomic E-state index is 12.2. The van der Waals surface area contributed by atoms with Crippen molar-refractivity contribution in [1.82, 2.24) is 0 Å². The van der Waals surface area contributed by atoms with Crippen molar-refractivity contribution >= 4 is 38.9 Å². The van der Waals surface area contributed by atoms with E-state index in [-0.39, 0.29) is 10.8 Å². The molecular formula is C4H3FINS. The van der Waals surface area contributed by atoms with Crippen LogP contribution in [0, 0.1) is 8.70 Å². The largest absolute Gasteiger partial charge is 0.388 e. The van der Waals surface area contributed by atoms with Crippen LogP contribution in [0.25, 0.3) is 0 Å². The molecule has 4 heteroatoms. The van der Waals surface area contributed by atoms with Gasteiger partial charge in [0.1, 0.15) is 5.00 Å². The molecule has 2 N–H and O–H groups in total. The van der Waals surface area contributed by atoms with Crippen LogP contribution < -0.4 is 5.73 Å². The quantitative estimate of drug-likeness (QED) is 0.693. The smallest absolute Gasteiger partial charge is 0.158 e. The van der Waals surface area contributed by atoms with Gasteiger partial charge in [-0.3, -0.25) is 0 Å². The van der Waals surface area contributed by atoms with Crippen LogP contribution in [0.15, 0.2) is 6.07 Å². The van der Waals surface area contributed by atoms with Gasteiger partial charge in [0.2, 0.25) is 0 Å². The average Bonchev–Trinajstić information content (AvgIpc) is 1.85. The van der Waals surface area contributed by atoms with Crippen molar-refractivity contribution in [2.45, 2.75) is 0 Å². The SMILES string of the molecule is Nc1sc(I)cc1F. The zero-order chi connectivity index (χ0) is 6.15. The van der Waals surface area contributed by atoms with Crippen molar-refractivity contribution < 1.29 is 4.39 Å². The van der Waals surface area contributed by atoms with E-state index in [1.165, 1.54) is 17.4 Å². The Morgan fingerprint density at radius 3 is 2.50 bits per heavy atom. The monoisotopic (exact) mass is 243 g/mol. The molecule has 0 unspecified atom stereocenters. The number of halogens is 2. The van der Waals surface area contributed by atoms with Gasteiger partial charge in [-0.2, -0.15) is 0 Å². The van der Waals surface area contributed by atoms with Gasteiger partial charge in [-0.1, -0.05) is 0 Å². The second-order valence-electron chi connectivity index (χ2n) is 1.26. The molecule has 44 valence electrons. The Morgan fingerprint density at radius 2 is 2.38 bits per heavy atom. The van der Waals surface area contributed by atoms with Gasteiger partial charge in [0, 0.05) is 6.07 Å². The van der Waals surface area contributed by atoms with Crippen molar-refractivity contribution in [3.63, 3.8) is 0 Å². The molecule has 0 bridgehead atoms. The van der Waals surface area contributed by atoms with E-state index in [0.717, 1.165) is 2.88 Å². The topological polar surface area (TPSA) is 26.0 Å². The number of hydrogen-bond donors (Lipinski definition) is 1. The van der Waals surface area contributed by atoms with E-state index in [1.807, 2.05) is 22.6 Å². The number of nitrogens with two attached hydrogens (primary N) is 1. The lowest BCUT2D eigenvalue weighted by molar-refractivity contribution is 0.637. The molecule has 0 aliphatic rings. The molecule has 0 spiro atoms.